The third-order valence-electron chi connectivity index (χ3n) is 4.41. The lowest BCUT2D eigenvalue weighted by molar-refractivity contribution is -0.124. The Balaban J connectivity index is 1.55. The van der Waals surface area contributed by atoms with E-state index in [1.165, 1.54) is 5.56 Å². The fourth-order valence-electron chi connectivity index (χ4n) is 3.12. The first kappa shape index (κ1) is 12.7. The second-order valence-corrected chi connectivity index (χ2v) is 5.83. The predicted octanol–water partition coefficient (Wildman–Crippen LogP) is 2.21. The molecule has 1 amide bonds. The summed E-state index contributed by atoms with van der Waals surface area (Å²) < 4.78 is 0. The Morgan fingerprint density at radius 3 is 2.63 bits per heavy atom. The molecule has 0 bridgehead atoms. The molecule has 2 aliphatic carbocycles. The molecule has 3 heteroatoms. The van der Waals surface area contributed by atoms with E-state index in [2.05, 4.69) is 17.4 Å². The van der Waals surface area contributed by atoms with Gasteiger partial charge in [-0.1, -0.05) is 43.2 Å². The third-order valence-corrected chi connectivity index (χ3v) is 4.41. The van der Waals surface area contributed by atoms with Gasteiger partial charge < -0.3 is 10.4 Å². The Hall–Kier alpha value is -1.35. The van der Waals surface area contributed by atoms with Gasteiger partial charge in [-0.2, -0.15) is 0 Å². The van der Waals surface area contributed by atoms with Gasteiger partial charge in [-0.25, -0.2) is 0 Å². The molecule has 1 aromatic rings. The molecule has 19 heavy (non-hydrogen) atoms. The molecular weight excluding hydrogens is 238 g/mol. The Kier molecular flexibility index (Phi) is 3.56. The minimum atomic E-state index is -0.355. The van der Waals surface area contributed by atoms with Crippen LogP contribution in [0.15, 0.2) is 30.3 Å². The van der Waals surface area contributed by atoms with Gasteiger partial charge in [-0.15, -0.1) is 0 Å². The Labute approximate surface area is 114 Å². The lowest BCUT2D eigenvalue weighted by Crippen LogP contribution is -2.45. The summed E-state index contributed by atoms with van der Waals surface area (Å²) in [5.41, 5.74) is 1.26. The van der Waals surface area contributed by atoms with Crippen molar-refractivity contribution in [3.05, 3.63) is 35.9 Å². The van der Waals surface area contributed by atoms with Crippen molar-refractivity contribution in [3.63, 3.8) is 0 Å². The van der Waals surface area contributed by atoms with Crippen molar-refractivity contribution >= 4 is 5.91 Å². The molecule has 2 N–H and O–H groups in total. The van der Waals surface area contributed by atoms with Crippen molar-refractivity contribution in [1.29, 1.82) is 0 Å². The molecule has 2 fully saturated rings. The highest BCUT2D eigenvalue weighted by molar-refractivity contribution is 5.83. The average molecular weight is 259 g/mol. The molecule has 4 atom stereocenters. The van der Waals surface area contributed by atoms with Gasteiger partial charge in [-0.05, 0) is 30.7 Å². The maximum Gasteiger partial charge on any atom is 0.224 e. The molecule has 0 spiro atoms. The maximum atomic E-state index is 12.2. The number of benzene rings is 1. The highest BCUT2D eigenvalue weighted by atomic mass is 16.3. The average Bonchev–Trinajstić information content (AvgIpc) is 3.23. The molecule has 0 saturated heterocycles. The summed E-state index contributed by atoms with van der Waals surface area (Å²) >= 11 is 0. The standard InChI is InChI=1S/C16H21NO2/c18-15-9-5-4-8-14(15)17-16(19)13-10-12(13)11-6-2-1-3-7-11/h1-3,6-7,12-15,18H,4-5,8-10H2,(H,17,19)/t12?,13?,14-,15-/m1/s1. The van der Waals surface area contributed by atoms with Crippen LogP contribution in [0.2, 0.25) is 0 Å². The predicted molar refractivity (Wildman–Crippen MR) is 73.7 cm³/mol. The van der Waals surface area contributed by atoms with Crippen LogP contribution in [0.3, 0.4) is 0 Å². The number of aliphatic hydroxyl groups is 1. The van der Waals surface area contributed by atoms with Crippen LogP contribution < -0.4 is 5.32 Å². The minimum Gasteiger partial charge on any atom is -0.391 e. The van der Waals surface area contributed by atoms with E-state index in [1.807, 2.05) is 18.2 Å². The van der Waals surface area contributed by atoms with E-state index in [1.54, 1.807) is 0 Å². The number of hydrogen-bond donors (Lipinski definition) is 2. The van der Waals surface area contributed by atoms with Gasteiger partial charge in [0.2, 0.25) is 5.91 Å². The van der Waals surface area contributed by atoms with E-state index in [-0.39, 0.29) is 24.0 Å². The smallest absolute Gasteiger partial charge is 0.224 e. The largest absolute Gasteiger partial charge is 0.391 e. The zero-order valence-corrected chi connectivity index (χ0v) is 11.1. The molecule has 2 aliphatic rings. The van der Waals surface area contributed by atoms with Gasteiger partial charge in [0, 0.05) is 5.92 Å². The number of hydrogen-bond acceptors (Lipinski definition) is 2. The summed E-state index contributed by atoms with van der Waals surface area (Å²) in [4.78, 5) is 12.2. The summed E-state index contributed by atoms with van der Waals surface area (Å²) in [5, 5.41) is 12.9. The van der Waals surface area contributed by atoms with E-state index in [0.29, 0.717) is 5.92 Å². The van der Waals surface area contributed by atoms with Crippen LogP contribution in [0.1, 0.15) is 43.6 Å². The highest BCUT2D eigenvalue weighted by Gasteiger charge is 2.44. The fourth-order valence-corrected chi connectivity index (χ4v) is 3.12. The molecule has 3 nitrogen and oxygen atoms in total. The number of amides is 1. The zero-order chi connectivity index (χ0) is 13.2. The Morgan fingerprint density at radius 1 is 1.16 bits per heavy atom. The van der Waals surface area contributed by atoms with E-state index < -0.39 is 0 Å². The number of carbonyl (C=O) groups excluding carboxylic acids is 1. The molecule has 3 rings (SSSR count). The second kappa shape index (κ2) is 5.33. The molecular formula is C16H21NO2. The molecule has 102 valence electrons. The zero-order valence-electron chi connectivity index (χ0n) is 11.1. The van der Waals surface area contributed by atoms with Crippen LogP contribution in [0.5, 0.6) is 0 Å². The topological polar surface area (TPSA) is 49.3 Å². The lowest BCUT2D eigenvalue weighted by atomic mass is 9.92. The van der Waals surface area contributed by atoms with Crippen molar-refractivity contribution in [2.75, 3.05) is 0 Å². The van der Waals surface area contributed by atoms with Crippen molar-refractivity contribution in [2.45, 2.75) is 50.2 Å². The summed E-state index contributed by atoms with van der Waals surface area (Å²) in [6.45, 7) is 0. The van der Waals surface area contributed by atoms with E-state index in [9.17, 15) is 9.90 Å². The monoisotopic (exact) mass is 259 g/mol. The number of rotatable bonds is 3. The molecule has 0 aliphatic heterocycles. The van der Waals surface area contributed by atoms with Crippen LogP contribution in [-0.2, 0) is 4.79 Å². The second-order valence-electron chi connectivity index (χ2n) is 5.83. The summed E-state index contributed by atoms with van der Waals surface area (Å²) in [7, 11) is 0. The van der Waals surface area contributed by atoms with E-state index >= 15 is 0 Å². The van der Waals surface area contributed by atoms with E-state index in [4.69, 9.17) is 0 Å². The minimum absolute atomic E-state index is 0.0294. The summed E-state index contributed by atoms with van der Waals surface area (Å²) in [6, 6.07) is 10.2. The first-order valence-electron chi connectivity index (χ1n) is 7.29. The number of carbonyl (C=O) groups is 1. The molecule has 0 aromatic heterocycles. The van der Waals surface area contributed by atoms with Crippen molar-refractivity contribution in [3.8, 4) is 0 Å². The Bertz CT molecular complexity index is 445. The molecule has 2 unspecified atom stereocenters. The van der Waals surface area contributed by atoms with Crippen LogP contribution in [-0.4, -0.2) is 23.2 Å². The van der Waals surface area contributed by atoms with Crippen LogP contribution in [0.4, 0.5) is 0 Å². The fraction of sp³-hybridized carbons (Fsp3) is 0.562. The molecule has 0 radical (unpaired) electrons. The van der Waals surface area contributed by atoms with Gasteiger partial charge in [0.1, 0.15) is 0 Å². The van der Waals surface area contributed by atoms with Crippen molar-refractivity contribution in [1.82, 2.24) is 5.32 Å². The van der Waals surface area contributed by atoms with Gasteiger partial charge in [0.25, 0.3) is 0 Å². The van der Waals surface area contributed by atoms with Crippen molar-refractivity contribution in [2.24, 2.45) is 5.92 Å². The molecule has 0 heterocycles. The van der Waals surface area contributed by atoms with Crippen LogP contribution >= 0.6 is 0 Å². The van der Waals surface area contributed by atoms with E-state index in [0.717, 1.165) is 32.1 Å². The molecule has 1 aromatic carbocycles. The quantitative estimate of drug-likeness (QED) is 0.874. The van der Waals surface area contributed by atoms with Gasteiger partial charge in [0.15, 0.2) is 0 Å². The first-order chi connectivity index (χ1) is 9.25. The number of aliphatic hydroxyl groups excluding tert-OH is 1. The summed E-state index contributed by atoms with van der Waals surface area (Å²) in [5.74, 6) is 0.610. The number of nitrogens with one attached hydrogen (secondary N) is 1. The molecule has 2 saturated carbocycles. The Morgan fingerprint density at radius 2 is 1.89 bits per heavy atom. The SMILES string of the molecule is O=C(N[C@@H]1CCCC[C@H]1O)C1CC1c1ccccc1. The maximum absolute atomic E-state index is 12.2. The van der Waals surface area contributed by atoms with Crippen LogP contribution in [0.25, 0.3) is 0 Å². The lowest BCUT2D eigenvalue weighted by Gasteiger charge is -2.28. The van der Waals surface area contributed by atoms with Gasteiger partial charge in [0.05, 0.1) is 12.1 Å². The van der Waals surface area contributed by atoms with Crippen LogP contribution in [0, 0.1) is 5.92 Å². The first-order valence-corrected chi connectivity index (χ1v) is 7.29. The normalized spacial score (nSPS) is 33.7. The van der Waals surface area contributed by atoms with Gasteiger partial charge >= 0.3 is 0 Å². The van der Waals surface area contributed by atoms with Crippen molar-refractivity contribution < 1.29 is 9.90 Å². The third kappa shape index (κ3) is 2.81. The summed E-state index contributed by atoms with van der Waals surface area (Å²) in [6.07, 6.45) is 4.50. The van der Waals surface area contributed by atoms with Gasteiger partial charge in [-0.3, -0.25) is 4.79 Å². The highest BCUT2D eigenvalue weighted by Crippen LogP contribution is 2.47.